The molecule has 1 N–H and O–H groups in total. The van der Waals surface area contributed by atoms with Gasteiger partial charge in [-0.15, -0.1) is 0 Å². The number of para-hydroxylation sites is 1. The molecule has 0 saturated heterocycles. The Balaban J connectivity index is 2.23. The summed E-state index contributed by atoms with van der Waals surface area (Å²) in [6, 6.07) is 6.08. The van der Waals surface area contributed by atoms with Crippen LogP contribution in [0.15, 0.2) is 30.6 Å². The van der Waals surface area contributed by atoms with Crippen molar-refractivity contribution in [3.63, 3.8) is 0 Å². The van der Waals surface area contributed by atoms with Crippen molar-refractivity contribution in [1.82, 2.24) is 9.78 Å². The lowest BCUT2D eigenvalue weighted by Gasteiger charge is -2.22. The first-order valence-corrected chi connectivity index (χ1v) is 7.15. The number of benzene rings is 1. The Hall–Kier alpha value is -1.68. The molecule has 0 aliphatic carbocycles. The number of rotatable bonds is 5. The fourth-order valence-electron chi connectivity index (χ4n) is 2.18. The van der Waals surface area contributed by atoms with E-state index in [1.54, 1.807) is 0 Å². The van der Waals surface area contributed by atoms with Crippen molar-refractivity contribution in [2.24, 2.45) is 0 Å². The zero-order valence-electron chi connectivity index (χ0n) is 12.4. The maximum atomic E-state index is 6.28. The number of hydrogen-bond acceptors (Lipinski definition) is 3. The minimum absolute atomic E-state index is 0.174. The molecule has 0 bridgehead atoms. The highest BCUT2D eigenvalue weighted by molar-refractivity contribution is 6.34. The van der Waals surface area contributed by atoms with Gasteiger partial charge in [0.2, 0.25) is 0 Å². The molecule has 1 atom stereocenters. The van der Waals surface area contributed by atoms with Crippen molar-refractivity contribution in [2.75, 3.05) is 24.3 Å². The Labute approximate surface area is 125 Å². The average molecular weight is 293 g/mol. The summed E-state index contributed by atoms with van der Waals surface area (Å²) in [7, 11) is 3.98. The summed E-state index contributed by atoms with van der Waals surface area (Å²) in [5.41, 5.74) is 3.19. The van der Waals surface area contributed by atoms with Crippen LogP contribution in [0.4, 0.5) is 11.4 Å². The molecule has 20 heavy (non-hydrogen) atoms. The predicted octanol–water partition coefficient (Wildman–Crippen LogP) is 3.80. The van der Waals surface area contributed by atoms with E-state index in [-0.39, 0.29) is 6.04 Å². The SMILES string of the molecule is CCn1cc(C(C)Nc2cccc(Cl)c2N(C)C)cn1. The summed E-state index contributed by atoms with van der Waals surface area (Å²) in [5, 5.41) is 8.57. The molecule has 4 nitrogen and oxygen atoms in total. The fraction of sp³-hybridized carbons (Fsp3) is 0.400. The minimum atomic E-state index is 0.174. The third-order valence-electron chi connectivity index (χ3n) is 3.28. The molecular formula is C15H21ClN4. The van der Waals surface area contributed by atoms with Gasteiger partial charge in [-0.2, -0.15) is 5.10 Å². The standard InChI is InChI=1S/C15H21ClN4/c1-5-20-10-12(9-17-20)11(2)18-14-8-6-7-13(16)15(14)19(3)4/h6-11,18H,5H2,1-4H3. The summed E-state index contributed by atoms with van der Waals surface area (Å²) >= 11 is 6.28. The molecule has 0 radical (unpaired) electrons. The molecular weight excluding hydrogens is 272 g/mol. The number of aromatic nitrogens is 2. The quantitative estimate of drug-likeness (QED) is 0.910. The van der Waals surface area contributed by atoms with Gasteiger partial charge in [0.05, 0.1) is 28.6 Å². The Morgan fingerprint density at radius 1 is 1.40 bits per heavy atom. The van der Waals surface area contributed by atoms with Crippen molar-refractivity contribution in [3.05, 3.63) is 41.2 Å². The van der Waals surface area contributed by atoms with Crippen LogP contribution in [-0.4, -0.2) is 23.9 Å². The molecule has 0 spiro atoms. The Morgan fingerprint density at radius 2 is 2.15 bits per heavy atom. The average Bonchev–Trinajstić information content (AvgIpc) is 2.87. The van der Waals surface area contributed by atoms with Gasteiger partial charge in [0, 0.05) is 32.4 Å². The van der Waals surface area contributed by atoms with Gasteiger partial charge >= 0.3 is 0 Å². The summed E-state index contributed by atoms with van der Waals surface area (Å²) in [6.45, 7) is 5.08. The van der Waals surface area contributed by atoms with Gasteiger partial charge in [-0.1, -0.05) is 17.7 Å². The first kappa shape index (κ1) is 14.7. The molecule has 5 heteroatoms. The molecule has 2 aromatic rings. The predicted molar refractivity (Wildman–Crippen MR) is 85.7 cm³/mol. The number of hydrogen-bond donors (Lipinski definition) is 1. The molecule has 0 saturated carbocycles. The van der Waals surface area contributed by atoms with Crippen LogP contribution in [0.2, 0.25) is 5.02 Å². The molecule has 1 unspecified atom stereocenters. The highest BCUT2D eigenvalue weighted by atomic mass is 35.5. The minimum Gasteiger partial charge on any atom is -0.377 e. The van der Waals surface area contributed by atoms with Crippen LogP contribution >= 0.6 is 11.6 Å². The van der Waals surface area contributed by atoms with Crippen LogP contribution in [0.3, 0.4) is 0 Å². The number of anilines is 2. The van der Waals surface area contributed by atoms with E-state index in [1.807, 2.05) is 48.1 Å². The van der Waals surface area contributed by atoms with E-state index >= 15 is 0 Å². The first-order chi connectivity index (χ1) is 9.52. The van der Waals surface area contributed by atoms with Gasteiger partial charge in [-0.3, -0.25) is 4.68 Å². The van der Waals surface area contributed by atoms with Crippen molar-refractivity contribution in [2.45, 2.75) is 26.4 Å². The number of nitrogens with zero attached hydrogens (tertiary/aromatic N) is 3. The highest BCUT2D eigenvalue weighted by Gasteiger charge is 2.13. The van der Waals surface area contributed by atoms with Crippen molar-refractivity contribution in [3.8, 4) is 0 Å². The van der Waals surface area contributed by atoms with Crippen LogP contribution in [0.5, 0.6) is 0 Å². The zero-order chi connectivity index (χ0) is 14.7. The number of aryl methyl sites for hydroxylation is 1. The van der Waals surface area contributed by atoms with Gasteiger partial charge in [0.25, 0.3) is 0 Å². The Morgan fingerprint density at radius 3 is 2.75 bits per heavy atom. The Bertz CT molecular complexity index is 577. The van der Waals surface area contributed by atoms with Crippen molar-refractivity contribution >= 4 is 23.0 Å². The van der Waals surface area contributed by atoms with E-state index in [2.05, 4.69) is 30.5 Å². The molecule has 0 fully saturated rings. The van der Waals surface area contributed by atoms with Crippen LogP contribution in [0.1, 0.15) is 25.5 Å². The second kappa shape index (κ2) is 6.18. The molecule has 1 heterocycles. The van der Waals surface area contributed by atoms with Gasteiger partial charge in [0.1, 0.15) is 0 Å². The van der Waals surface area contributed by atoms with Crippen molar-refractivity contribution in [1.29, 1.82) is 0 Å². The van der Waals surface area contributed by atoms with E-state index in [9.17, 15) is 0 Å². The molecule has 2 rings (SSSR count). The van der Waals surface area contributed by atoms with Crippen molar-refractivity contribution < 1.29 is 0 Å². The maximum absolute atomic E-state index is 6.28. The lowest BCUT2D eigenvalue weighted by atomic mass is 10.1. The monoisotopic (exact) mass is 292 g/mol. The van der Waals surface area contributed by atoms with Gasteiger partial charge in [-0.25, -0.2) is 0 Å². The van der Waals surface area contributed by atoms with E-state index in [1.165, 1.54) is 0 Å². The zero-order valence-corrected chi connectivity index (χ0v) is 13.1. The third kappa shape index (κ3) is 3.07. The Kier molecular flexibility index (Phi) is 4.55. The second-order valence-corrected chi connectivity index (χ2v) is 5.43. The summed E-state index contributed by atoms with van der Waals surface area (Å²) < 4.78 is 1.93. The van der Waals surface area contributed by atoms with Crippen LogP contribution in [0.25, 0.3) is 0 Å². The molecule has 1 aromatic heterocycles. The summed E-state index contributed by atoms with van der Waals surface area (Å²) in [6.07, 6.45) is 3.97. The van der Waals surface area contributed by atoms with Crippen LogP contribution in [0, 0.1) is 0 Å². The first-order valence-electron chi connectivity index (χ1n) is 6.77. The normalized spacial score (nSPS) is 12.2. The van der Waals surface area contributed by atoms with E-state index in [0.29, 0.717) is 0 Å². The number of nitrogens with one attached hydrogen (secondary N) is 1. The molecule has 0 amide bonds. The van der Waals surface area contributed by atoms with Gasteiger partial charge in [0.15, 0.2) is 0 Å². The molecule has 1 aromatic carbocycles. The van der Waals surface area contributed by atoms with E-state index in [4.69, 9.17) is 11.6 Å². The second-order valence-electron chi connectivity index (χ2n) is 5.03. The van der Waals surface area contributed by atoms with E-state index in [0.717, 1.165) is 28.5 Å². The lowest BCUT2D eigenvalue weighted by Crippen LogP contribution is -2.14. The summed E-state index contributed by atoms with van der Waals surface area (Å²) in [4.78, 5) is 2.02. The van der Waals surface area contributed by atoms with Crippen LogP contribution in [-0.2, 0) is 6.54 Å². The smallest absolute Gasteiger partial charge is 0.0786 e. The highest BCUT2D eigenvalue weighted by Crippen LogP contribution is 2.34. The largest absolute Gasteiger partial charge is 0.377 e. The topological polar surface area (TPSA) is 33.1 Å². The molecule has 0 aliphatic heterocycles. The molecule has 108 valence electrons. The molecule has 0 aliphatic rings. The van der Waals surface area contributed by atoms with Crippen LogP contribution < -0.4 is 10.2 Å². The maximum Gasteiger partial charge on any atom is 0.0786 e. The van der Waals surface area contributed by atoms with Gasteiger partial charge in [-0.05, 0) is 26.0 Å². The van der Waals surface area contributed by atoms with E-state index < -0.39 is 0 Å². The summed E-state index contributed by atoms with van der Waals surface area (Å²) in [5.74, 6) is 0. The van der Waals surface area contributed by atoms with Gasteiger partial charge < -0.3 is 10.2 Å². The number of halogens is 1. The lowest BCUT2D eigenvalue weighted by molar-refractivity contribution is 0.658. The fourth-order valence-corrected chi connectivity index (χ4v) is 2.52. The third-order valence-corrected chi connectivity index (χ3v) is 3.59.